The Labute approximate surface area is 137 Å². The van der Waals surface area contributed by atoms with E-state index in [0.717, 1.165) is 30.0 Å². The standard InChI is InChI=1S/C18H24N4O/c1-3-22(4-2)17-11-10-16(13-19-17)14-21-18(23)20-12-15-8-6-5-7-9-15/h5-11,13H,3-4,12,14H2,1-2H3,(H2,20,21,23). The van der Waals surface area contributed by atoms with Crippen LogP contribution < -0.4 is 15.5 Å². The number of benzene rings is 1. The van der Waals surface area contributed by atoms with Crippen molar-refractivity contribution < 1.29 is 4.79 Å². The number of carbonyl (C=O) groups is 1. The van der Waals surface area contributed by atoms with Gasteiger partial charge < -0.3 is 15.5 Å². The van der Waals surface area contributed by atoms with Gasteiger partial charge in [0, 0.05) is 32.4 Å². The predicted molar refractivity (Wildman–Crippen MR) is 93.3 cm³/mol. The summed E-state index contributed by atoms with van der Waals surface area (Å²) in [5.74, 6) is 0.965. The molecule has 1 heterocycles. The van der Waals surface area contributed by atoms with Crippen molar-refractivity contribution in [3.8, 4) is 0 Å². The fourth-order valence-corrected chi connectivity index (χ4v) is 2.28. The van der Waals surface area contributed by atoms with Crippen LogP contribution in [-0.4, -0.2) is 24.1 Å². The third kappa shape index (κ3) is 5.29. The second-order valence-corrected chi connectivity index (χ2v) is 5.22. The number of anilines is 1. The minimum absolute atomic E-state index is 0.179. The largest absolute Gasteiger partial charge is 0.357 e. The van der Waals surface area contributed by atoms with Crippen LogP contribution in [0.25, 0.3) is 0 Å². The maximum Gasteiger partial charge on any atom is 0.315 e. The monoisotopic (exact) mass is 312 g/mol. The third-order valence-electron chi connectivity index (χ3n) is 3.65. The number of aromatic nitrogens is 1. The van der Waals surface area contributed by atoms with Gasteiger partial charge in [-0.15, -0.1) is 0 Å². The molecule has 0 saturated carbocycles. The van der Waals surface area contributed by atoms with Gasteiger partial charge in [0.05, 0.1) is 0 Å². The van der Waals surface area contributed by atoms with Gasteiger partial charge in [0.2, 0.25) is 0 Å². The minimum Gasteiger partial charge on any atom is -0.357 e. The number of nitrogens with zero attached hydrogens (tertiary/aromatic N) is 2. The molecular formula is C18H24N4O. The van der Waals surface area contributed by atoms with Gasteiger partial charge in [-0.3, -0.25) is 0 Å². The van der Waals surface area contributed by atoms with Crippen molar-refractivity contribution >= 4 is 11.8 Å². The van der Waals surface area contributed by atoms with E-state index in [1.807, 2.05) is 48.7 Å². The molecule has 1 aromatic heterocycles. The van der Waals surface area contributed by atoms with Crippen LogP contribution in [0.1, 0.15) is 25.0 Å². The molecule has 5 heteroatoms. The first-order chi connectivity index (χ1) is 11.2. The van der Waals surface area contributed by atoms with Crippen LogP contribution in [0.5, 0.6) is 0 Å². The molecule has 5 nitrogen and oxygen atoms in total. The lowest BCUT2D eigenvalue weighted by Crippen LogP contribution is -2.34. The van der Waals surface area contributed by atoms with E-state index < -0.39 is 0 Å². The average Bonchev–Trinajstić information content (AvgIpc) is 2.61. The smallest absolute Gasteiger partial charge is 0.315 e. The molecule has 0 saturated heterocycles. The molecule has 0 fully saturated rings. The molecule has 0 radical (unpaired) electrons. The zero-order valence-corrected chi connectivity index (χ0v) is 13.7. The zero-order valence-electron chi connectivity index (χ0n) is 13.7. The molecule has 2 amide bonds. The number of amides is 2. The molecule has 0 aliphatic carbocycles. The van der Waals surface area contributed by atoms with E-state index in [1.165, 1.54) is 0 Å². The third-order valence-corrected chi connectivity index (χ3v) is 3.65. The quantitative estimate of drug-likeness (QED) is 0.826. The molecule has 2 N–H and O–H groups in total. The maximum atomic E-state index is 11.8. The molecule has 0 unspecified atom stereocenters. The lowest BCUT2D eigenvalue weighted by molar-refractivity contribution is 0.240. The Kier molecular flexibility index (Phi) is 6.41. The van der Waals surface area contributed by atoms with Crippen LogP contribution in [0, 0.1) is 0 Å². The predicted octanol–water partition coefficient (Wildman–Crippen LogP) is 2.93. The number of carbonyl (C=O) groups excluding carboxylic acids is 1. The van der Waals surface area contributed by atoms with E-state index >= 15 is 0 Å². The Hall–Kier alpha value is -2.56. The second kappa shape index (κ2) is 8.78. The summed E-state index contributed by atoms with van der Waals surface area (Å²) in [5.41, 5.74) is 2.06. The topological polar surface area (TPSA) is 57.3 Å². The van der Waals surface area contributed by atoms with Gasteiger partial charge in [0.1, 0.15) is 5.82 Å². The molecule has 122 valence electrons. The van der Waals surface area contributed by atoms with Crippen molar-refractivity contribution in [2.24, 2.45) is 0 Å². The van der Waals surface area contributed by atoms with Crippen molar-refractivity contribution in [2.45, 2.75) is 26.9 Å². The van der Waals surface area contributed by atoms with Crippen LogP contribution >= 0.6 is 0 Å². The molecule has 1 aromatic carbocycles. The van der Waals surface area contributed by atoms with E-state index in [9.17, 15) is 4.79 Å². The molecule has 2 rings (SSSR count). The van der Waals surface area contributed by atoms with Crippen molar-refractivity contribution in [1.29, 1.82) is 0 Å². The van der Waals surface area contributed by atoms with E-state index in [-0.39, 0.29) is 6.03 Å². The highest BCUT2D eigenvalue weighted by atomic mass is 16.2. The van der Waals surface area contributed by atoms with Crippen LogP contribution in [0.4, 0.5) is 10.6 Å². The summed E-state index contributed by atoms with van der Waals surface area (Å²) in [6.45, 7) is 7.07. The number of urea groups is 1. The van der Waals surface area contributed by atoms with Crippen molar-refractivity contribution in [3.63, 3.8) is 0 Å². The van der Waals surface area contributed by atoms with Crippen LogP contribution in [0.15, 0.2) is 48.7 Å². The minimum atomic E-state index is -0.179. The molecule has 2 aromatic rings. The van der Waals surface area contributed by atoms with E-state index in [4.69, 9.17) is 0 Å². The molecule has 0 bridgehead atoms. The Morgan fingerprint density at radius 2 is 1.61 bits per heavy atom. The lowest BCUT2D eigenvalue weighted by atomic mass is 10.2. The van der Waals surface area contributed by atoms with Gasteiger partial charge in [0.15, 0.2) is 0 Å². The summed E-state index contributed by atoms with van der Waals surface area (Å²) in [6.07, 6.45) is 1.81. The SMILES string of the molecule is CCN(CC)c1ccc(CNC(=O)NCc2ccccc2)cn1. The van der Waals surface area contributed by atoms with Gasteiger partial charge in [-0.1, -0.05) is 36.4 Å². The van der Waals surface area contributed by atoms with Crippen molar-refractivity contribution in [1.82, 2.24) is 15.6 Å². The molecule has 0 atom stereocenters. The van der Waals surface area contributed by atoms with E-state index in [1.54, 1.807) is 0 Å². The molecule has 0 aliphatic heterocycles. The second-order valence-electron chi connectivity index (χ2n) is 5.22. The highest BCUT2D eigenvalue weighted by molar-refractivity contribution is 5.73. The lowest BCUT2D eigenvalue weighted by Gasteiger charge is -2.19. The summed E-state index contributed by atoms with van der Waals surface area (Å²) in [6, 6.07) is 13.6. The molecule has 0 aliphatic rings. The maximum absolute atomic E-state index is 11.8. The summed E-state index contributed by atoms with van der Waals surface area (Å²) < 4.78 is 0. The van der Waals surface area contributed by atoms with Crippen LogP contribution in [0.2, 0.25) is 0 Å². The number of pyridine rings is 1. The normalized spacial score (nSPS) is 10.2. The fourth-order valence-electron chi connectivity index (χ4n) is 2.28. The average molecular weight is 312 g/mol. The Morgan fingerprint density at radius 3 is 2.17 bits per heavy atom. The molecule has 23 heavy (non-hydrogen) atoms. The van der Waals surface area contributed by atoms with E-state index in [0.29, 0.717) is 13.1 Å². The summed E-state index contributed by atoms with van der Waals surface area (Å²) in [4.78, 5) is 18.4. The van der Waals surface area contributed by atoms with Gasteiger partial charge in [0.25, 0.3) is 0 Å². The Balaban J connectivity index is 1.78. The van der Waals surface area contributed by atoms with Crippen LogP contribution in [0.3, 0.4) is 0 Å². The number of hydrogen-bond acceptors (Lipinski definition) is 3. The fraction of sp³-hybridized carbons (Fsp3) is 0.333. The van der Waals surface area contributed by atoms with Gasteiger partial charge in [-0.2, -0.15) is 0 Å². The first-order valence-electron chi connectivity index (χ1n) is 7.98. The first-order valence-corrected chi connectivity index (χ1v) is 7.98. The number of nitrogens with one attached hydrogen (secondary N) is 2. The first kappa shape index (κ1) is 16.8. The van der Waals surface area contributed by atoms with Gasteiger partial charge >= 0.3 is 6.03 Å². The van der Waals surface area contributed by atoms with Gasteiger partial charge in [-0.05, 0) is 31.0 Å². The highest BCUT2D eigenvalue weighted by Crippen LogP contribution is 2.10. The molecule has 0 spiro atoms. The number of hydrogen-bond donors (Lipinski definition) is 2. The summed E-state index contributed by atoms with van der Waals surface area (Å²) >= 11 is 0. The summed E-state index contributed by atoms with van der Waals surface area (Å²) in [7, 11) is 0. The Morgan fingerprint density at radius 1 is 0.957 bits per heavy atom. The highest BCUT2D eigenvalue weighted by Gasteiger charge is 2.04. The number of rotatable bonds is 7. The van der Waals surface area contributed by atoms with Crippen molar-refractivity contribution in [2.75, 3.05) is 18.0 Å². The van der Waals surface area contributed by atoms with Crippen LogP contribution in [-0.2, 0) is 13.1 Å². The van der Waals surface area contributed by atoms with Gasteiger partial charge in [-0.25, -0.2) is 9.78 Å². The zero-order chi connectivity index (χ0) is 16.5. The van der Waals surface area contributed by atoms with Crippen molar-refractivity contribution in [3.05, 3.63) is 59.8 Å². The summed E-state index contributed by atoms with van der Waals surface area (Å²) in [5, 5.41) is 5.68. The Bertz CT molecular complexity index is 594. The van der Waals surface area contributed by atoms with E-state index in [2.05, 4.69) is 34.4 Å². The molecular weight excluding hydrogens is 288 g/mol.